The van der Waals surface area contributed by atoms with E-state index >= 15 is 0 Å². The van der Waals surface area contributed by atoms with E-state index in [0.29, 0.717) is 32.3 Å². The zero-order valence-electron chi connectivity index (χ0n) is 11.5. The van der Waals surface area contributed by atoms with Gasteiger partial charge in [0.1, 0.15) is 0 Å². The fraction of sp³-hybridized carbons (Fsp3) is 0. The van der Waals surface area contributed by atoms with Gasteiger partial charge >= 0.3 is 0 Å². The van der Waals surface area contributed by atoms with Gasteiger partial charge in [0, 0.05) is 32.3 Å². The van der Waals surface area contributed by atoms with E-state index in [4.69, 9.17) is 104 Å². The van der Waals surface area contributed by atoms with E-state index in [0.717, 1.165) is 0 Å². The number of halogens is 9. The number of hydrogen-bond donors (Lipinski definition) is 0. The molecule has 0 fully saturated rings. The van der Waals surface area contributed by atoms with Gasteiger partial charge in [-0.3, -0.25) is 0 Å². The van der Waals surface area contributed by atoms with Crippen LogP contribution in [0.15, 0.2) is 6.07 Å². The molecule has 25 heavy (non-hydrogen) atoms. The van der Waals surface area contributed by atoms with Gasteiger partial charge in [-0.05, 0) is 6.07 Å². The molecule has 0 atom stereocenters. The van der Waals surface area contributed by atoms with Crippen molar-refractivity contribution in [2.45, 2.75) is 0 Å². The largest absolute Gasteiger partial charge is 0.0827 e. The first-order valence-electron chi connectivity index (χ1n) is 6.53. The zero-order chi connectivity index (χ0) is 18.4. The van der Waals surface area contributed by atoms with E-state index in [9.17, 15) is 0 Å². The average molecular weight is 512 g/mol. The molecule has 4 aromatic rings. The summed E-state index contributed by atoms with van der Waals surface area (Å²) in [7, 11) is 0. The fourth-order valence-electron chi connectivity index (χ4n) is 3.03. The van der Waals surface area contributed by atoms with Crippen molar-refractivity contribution in [2.75, 3.05) is 0 Å². The van der Waals surface area contributed by atoms with Crippen LogP contribution >= 0.6 is 104 Å². The van der Waals surface area contributed by atoms with Gasteiger partial charge in [-0.15, -0.1) is 0 Å². The van der Waals surface area contributed by atoms with Crippen molar-refractivity contribution in [2.24, 2.45) is 0 Å². The van der Waals surface area contributed by atoms with Crippen molar-refractivity contribution in [3.63, 3.8) is 0 Å². The molecular weight excluding hydrogens is 511 g/mol. The van der Waals surface area contributed by atoms with E-state index in [1.54, 1.807) is 6.07 Å². The smallest absolute Gasteiger partial charge is 0.0792 e. The Bertz CT molecular complexity index is 1200. The van der Waals surface area contributed by atoms with Crippen LogP contribution in [0.25, 0.3) is 32.3 Å². The van der Waals surface area contributed by atoms with Crippen molar-refractivity contribution >= 4 is 137 Å². The fourth-order valence-corrected chi connectivity index (χ4v) is 5.53. The lowest BCUT2D eigenvalue weighted by atomic mass is 9.93. The molecule has 0 nitrogen and oxygen atoms in total. The molecular formula is C16HCl9. The van der Waals surface area contributed by atoms with Crippen LogP contribution in [-0.2, 0) is 0 Å². The molecule has 4 aromatic carbocycles. The lowest BCUT2D eigenvalue weighted by molar-refractivity contribution is 1.76. The molecule has 0 unspecified atom stereocenters. The van der Waals surface area contributed by atoms with E-state index < -0.39 is 0 Å². The molecule has 0 aliphatic carbocycles. The first-order chi connectivity index (χ1) is 11.7. The highest BCUT2D eigenvalue weighted by atomic mass is 35.5. The maximum atomic E-state index is 6.48. The highest BCUT2D eigenvalue weighted by molar-refractivity contribution is 6.63. The molecule has 0 heterocycles. The normalized spacial score (nSPS) is 12.2. The summed E-state index contributed by atoms with van der Waals surface area (Å²) in [6.45, 7) is 0. The van der Waals surface area contributed by atoms with Crippen LogP contribution in [0.5, 0.6) is 0 Å². The molecule has 0 aromatic heterocycles. The molecule has 0 saturated carbocycles. The summed E-state index contributed by atoms with van der Waals surface area (Å²) in [5, 5.41) is 4.80. The Balaban J connectivity index is 2.60. The Morgan fingerprint density at radius 3 is 1.28 bits per heavy atom. The lowest BCUT2D eigenvalue weighted by Gasteiger charge is -2.20. The van der Waals surface area contributed by atoms with E-state index in [2.05, 4.69) is 0 Å². The van der Waals surface area contributed by atoms with Crippen molar-refractivity contribution < 1.29 is 0 Å². The minimum Gasteiger partial charge on any atom is -0.0827 e. The minimum absolute atomic E-state index is 0.106. The highest BCUT2D eigenvalue weighted by Gasteiger charge is 2.28. The minimum atomic E-state index is 0.106. The number of rotatable bonds is 0. The first-order valence-corrected chi connectivity index (χ1v) is 9.93. The van der Waals surface area contributed by atoms with Crippen molar-refractivity contribution in [1.82, 2.24) is 0 Å². The average Bonchev–Trinajstić information content (AvgIpc) is 2.57. The Hall–Kier alpha value is 0.530. The molecule has 0 amide bonds. The van der Waals surface area contributed by atoms with Gasteiger partial charge in [0.2, 0.25) is 0 Å². The summed E-state index contributed by atoms with van der Waals surface area (Å²) in [6.07, 6.45) is 0. The van der Waals surface area contributed by atoms with E-state index in [1.165, 1.54) is 0 Å². The van der Waals surface area contributed by atoms with Crippen LogP contribution in [0.3, 0.4) is 0 Å². The summed E-state index contributed by atoms with van der Waals surface area (Å²) < 4.78 is 0. The number of hydrogen-bond acceptors (Lipinski definition) is 0. The SMILES string of the molecule is Clc1cc2c(Cl)c(Cl)c3c(Cl)c(Cl)c(Cl)c4c(Cl)c(Cl)c(c1Cl)c2c34. The first kappa shape index (κ1) is 18.9. The molecule has 0 aliphatic rings. The van der Waals surface area contributed by atoms with Crippen molar-refractivity contribution in [1.29, 1.82) is 0 Å². The van der Waals surface area contributed by atoms with E-state index in [1.807, 2.05) is 0 Å². The maximum Gasteiger partial charge on any atom is 0.0792 e. The van der Waals surface area contributed by atoms with Gasteiger partial charge in [-0.25, -0.2) is 0 Å². The molecule has 9 heteroatoms. The van der Waals surface area contributed by atoms with Gasteiger partial charge in [0.25, 0.3) is 0 Å². The standard InChI is InChI=1S/C16HCl9/c17-3-1-2-4-5-7(11(20)9(2)18)14(23)16(25)15(24)8(5)13(22)12(21)6(4)10(3)19/h1H. The van der Waals surface area contributed by atoms with Crippen LogP contribution in [0.4, 0.5) is 0 Å². The second kappa shape index (κ2) is 6.27. The Kier molecular flexibility index (Phi) is 4.74. The van der Waals surface area contributed by atoms with Crippen LogP contribution in [-0.4, -0.2) is 0 Å². The lowest BCUT2D eigenvalue weighted by Crippen LogP contribution is -1.93. The summed E-state index contributed by atoms with van der Waals surface area (Å²) in [5.41, 5.74) is 0. The molecule has 0 aliphatic heterocycles. The van der Waals surface area contributed by atoms with Gasteiger partial charge in [0.05, 0.1) is 45.2 Å². The summed E-state index contributed by atoms with van der Waals surface area (Å²) in [6, 6.07) is 1.61. The summed E-state index contributed by atoms with van der Waals surface area (Å²) in [4.78, 5) is 0. The zero-order valence-corrected chi connectivity index (χ0v) is 18.3. The Morgan fingerprint density at radius 2 is 0.760 bits per heavy atom. The van der Waals surface area contributed by atoms with E-state index in [-0.39, 0.29) is 45.2 Å². The second-order valence-corrected chi connectivity index (χ2v) is 8.72. The Labute approximate surface area is 186 Å². The molecule has 4 rings (SSSR count). The quantitative estimate of drug-likeness (QED) is 0.162. The topological polar surface area (TPSA) is 0 Å². The molecule has 0 spiro atoms. The monoisotopic (exact) mass is 508 g/mol. The maximum absolute atomic E-state index is 6.48. The third-order valence-electron chi connectivity index (χ3n) is 4.07. The number of benzene rings is 4. The molecule has 0 bridgehead atoms. The molecule has 0 N–H and O–H groups in total. The van der Waals surface area contributed by atoms with Crippen molar-refractivity contribution in [3.05, 3.63) is 51.3 Å². The van der Waals surface area contributed by atoms with Gasteiger partial charge in [0.15, 0.2) is 0 Å². The predicted octanol–water partition coefficient (Wildman–Crippen LogP) is 10.5. The summed E-state index contributed by atoms with van der Waals surface area (Å²) in [5.74, 6) is 0. The van der Waals surface area contributed by atoms with Crippen LogP contribution in [0.1, 0.15) is 0 Å². The van der Waals surface area contributed by atoms with Crippen LogP contribution in [0.2, 0.25) is 45.2 Å². The van der Waals surface area contributed by atoms with Crippen LogP contribution < -0.4 is 0 Å². The molecule has 0 saturated heterocycles. The van der Waals surface area contributed by atoms with Gasteiger partial charge in [-0.2, -0.15) is 0 Å². The molecule has 128 valence electrons. The van der Waals surface area contributed by atoms with Crippen LogP contribution in [0, 0.1) is 0 Å². The van der Waals surface area contributed by atoms with Gasteiger partial charge < -0.3 is 0 Å². The molecule has 0 radical (unpaired) electrons. The third-order valence-corrected chi connectivity index (χ3v) is 7.91. The highest BCUT2D eigenvalue weighted by Crippen LogP contribution is 2.56. The third kappa shape index (κ3) is 2.37. The predicted molar refractivity (Wildman–Crippen MR) is 115 cm³/mol. The summed E-state index contributed by atoms with van der Waals surface area (Å²) >= 11 is 57.6. The van der Waals surface area contributed by atoms with Gasteiger partial charge in [-0.1, -0.05) is 104 Å². The Morgan fingerprint density at radius 1 is 0.360 bits per heavy atom. The van der Waals surface area contributed by atoms with Crippen molar-refractivity contribution in [3.8, 4) is 0 Å². The second-order valence-electron chi connectivity index (χ2n) is 5.29.